The molecule has 0 aromatic heterocycles. The summed E-state index contributed by atoms with van der Waals surface area (Å²) in [6.45, 7) is 0. The first-order chi connectivity index (χ1) is 11.7. The minimum absolute atomic E-state index is 0.0380. The van der Waals surface area contributed by atoms with E-state index < -0.39 is 0 Å². The van der Waals surface area contributed by atoms with Crippen molar-refractivity contribution in [2.75, 3.05) is 16.8 Å². The molecule has 3 rings (SSSR count). The van der Waals surface area contributed by atoms with Crippen LogP contribution in [-0.4, -0.2) is 17.4 Å². The molecule has 1 aliphatic rings. The summed E-state index contributed by atoms with van der Waals surface area (Å²) in [6, 6.07) is 15.9. The van der Waals surface area contributed by atoms with Crippen LogP contribution in [0.3, 0.4) is 0 Å². The van der Waals surface area contributed by atoms with E-state index in [0.717, 1.165) is 11.3 Å². The summed E-state index contributed by atoms with van der Waals surface area (Å²) in [7, 11) is 0. The zero-order valence-electron chi connectivity index (χ0n) is 13.3. The lowest BCUT2D eigenvalue weighted by Gasteiger charge is -2.21. The average Bonchev–Trinajstić information content (AvgIpc) is 2.61. The minimum Gasteiger partial charge on any atom is -0.326 e. The van der Waals surface area contributed by atoms with E-state index in [1.807, 2.05) is 59.9 Å². The Morgan fingerprint density at radius 3 is 2.71 bits per heavy atom. The number of thioether (sulfide) groups is 2. The van der Waals surface area contributed by atoms with Gasteiger partial charge in [-0.1, -0.05) is 35.9 Å². The van der Waals surface area contributed by atoms with Gasteiger partial charge in [0.25, 0.3) is 0 Å². The van der Waals surface area contributed by atoms with Crippen molar-refractivity contribution >= 4 is 46.7 Å². The molecule has 0 atom stereocenters. The van der Waals surface area contributed by atoms with Crippen LogP contribution in [0, 0.1) is 0 Å². The summed E-state index contributed by atoms with van der Waals surface area (Å²) in [4.78, 5) is 12.2. The van der Waals surface area contributed by atoms with Crippen LogP contribution in [0.2, 0.25) is 5.02 Å². The Hall–Kier alpha value is -1.10. The van der Waals surface area contributed by atoms with Gasteiger partial charge in [0.1, 0.15) is 0 Å². The lowest BCUT2D eigenvalue weighted by Crippen LogP contribution is -2.12. The molecule has 1 heterocycles. The number of hydrogen-bond donors (Lipinski definition) is 1. The van der Waals surface area contributed by atoms with E-state index in [9.17, 15) is 4.79 Å². The number of carbonyl (C=O) groups excluding carboxylic acids is 1. The van der Waals surface area contributed by atoms with Crippen molar-refractivity contribution < 1.29 is 4.79 Å². The van der Waals surface area contributed by atoms with Gasteiger partial charge in [0.05, 0.1) is 4.58 Å². The van der Waals surface area contributed by atoms with Gasteiger partial charge in [-0.05, 0) is 59.7 Å². The van der Waals surface area contributed by atoms with Crippen molar-refractivity contribution in [2.24, 2.45) is 0 Å². The van der Waals surface area contributed by atoms with E-state index in [1.165, 1.54) is 23.5 Å². The van der Waals surface area contributed by atoms with Crippen molar-refractivity contribution in [1.29, 1.82) is 0 Å². The maximum atomic E-state index is 12.2. The largest absolute Gasteiger partial charge is 0.326 e. The van der Waals surface area contributed by atoms with Gasteiger partial charge in [-0.2, -0.15) is 0 Å². The molecule has 1 saturated heterocycles. The maximum absolute atomic E-state index is 12.2. The zero-order chi connectivity index (χ0) is 16.8. The van der Waals surface area contributed by atoms with E-state index in [-0.39, 0.29) is 5.91 Å². The third kappa shape index (κ3) is 5.20. The molecule has 2 aromatic rings. The van der Waals surface area contributed by atoms with Crippen LogP contribution >= 0.6 is 35.1 Å². The van der Waals surface area contributed by atoms with Gasteiger partial charge in [0.2, 0.25) is 5.91 Å². The lowest BCUT2D eigenvalue weighted by atomic mass is 10.1. The van der Waals surface area contributed by atoms with Gasteiger partial charge < -0.3 is 5.32 Å². The third-order valence-electron chi connectivity index (χ3n) is 3.80. The number of rotatable bonds is 5. The molecule has 1 fully saturated rings. The normalized spacial score (nSPS) is 15.2. The number of hydrogen-bond acceptors (Lipinski definition) is 3. The van der Waals surface area contributed by atoms with Gasteiger partial charge >= 0.3 is 0 Å². The number of aryl methyl sites for hydroxylation is 1. The predicted octanol–water partition coefficient (Wildman–Crippen LogP) is 5.78. The molecule has 2 aromatic carbocycles. The molecule has 2 nitrogen and oxygen atoms in total. The standard InChI is InChI=1S/C19H20ClNOS2/c20-16-6-1-4-14(12-16)8-9-18(22)21-17-7-2-5-15(13-17)19-23-10-3-11-24-19/h1-2,4-7,12-13,19H,3,8-11H2,(H,21,22). The fourth-order valence-electron chi connectivity index (χ4n) is 2.62. The Balaban J connectivity index is 1.56. The summed E-state index contributed by atoms with van der Waals surface area (Å²) in [5, 5.41) is 3.73. The van der Waals surface area contributed by atoms with Gasteiger partial charge in [0.15, 0.2) is 0 Å². The fraction of sp³-hybridized carbons (Fsp3) is 0.316. The number of anilines is 1. The number of amides is 1. The highest BCUT2D eigenvalue weighted by atomic mass is 35.5. The van der Waals surface area contributed by atoms with Crippen molar-refractivity contribution in [1.82, 2.24) is 0 Å². The first-order valence-electron chi connectivity index (χ1n) is 8.08. The molecule has 126 valence electrons. The van der Waals surface area contributed by atoms with E-state index in [0.29, 0.717) is 22.4 Å². The average molecular weight is 378 g/mol. The summed E-state index contributed by atoms with van der Waals surface area (Å²) < 4.78 is 0.488. The molecule has 0 unspecified atom stereocenters. The molecule has 24 heavy (non-hydrogen) atoms. The minimum atomic E-state index is 0.0380. The molecule has 0 bridgehead atoms. The highest BCUT2D eigenvalue weighted by Crippen LogP contribution is 2.44. The van der Waals surface area contributed by atoms with Gasteiger partial charge in [-0.25, -0.2) is 0 Å². The van der Waals surface area contributed by atoms with Crippen LogP contribution in [0.5, 0.6) is 0 Å². The number of halogens is 1. The second kappa shape index (κ2) is 8.84. The van der Waals surface area contributed by atoms with E-state index in [4.69, 9.17) is 11.6 Å². The molecule has 0 radical (unpaired) electrons. The molecule has 1 amide bonds. The van der Waals surface area contributed by atoms with Gasteiger partial charge in [-0.15, -0.1) is 23.5 Å². The molecule has 0 aliphatic carbocycles. The summed E-state index contributed by atoms with van der Waals surface area (Å²) in [5.74, 6) is 2.47. The molecule has 1 N–H and O–H groups in total. The molecule has 0 saturated carbocycles. The molecule has 1 aliphatic heterocycles. The predicted molar refractivity (Wildman–Crippen MR) is 107 cm³/mol. The van der Waals surface area contributed by atoms with Crippen LogP contribution in [-0.2, 0) is 11.2 Å². The van der Waals surface area contributed by atoms with Crippen molar-refractivity contribution in [3.05, 3.63) is 64.7 Å². The topological polar surface area (TPSA) is 29.1 Å². The van der Waals surface area contributed by atoms with Crippen molar-refractivity contribution in [2.45, 2.75) is 23.8 Å². The highest BCUT2D eigenvalue weighted by molar-refractivity contribution is 8.16. The van der Waals surface area contributed by atoms with Crippen LogP contribution in [0.15, 0.2) is 48.5 Å². The first-order valence-corrected chi connectivity index (χ1v) is 10.6. The summed E-state index contributed by atoms with van der Waals surface area (Å²) in [6.07, 6.45) is 2.43. The fourth-order valence-corrected chi connectivity index (χ4v) is 5.70. The van der Waals surface area contributed by atoms with Gasteiger partial charge in [-0.3, -0.25) is 4.79 Å². The molecular weight excluding hydrogens is 358 g/mol. The molecule has 0 spiro atoms. The second-order valence-corrected chi connectivity index (χ2v) is 8.89. The Labute approximate surface area is 156 Å². The van der Waals surface area contributed by atoms with Crippen LogP contribution in [0.1, 0.15) is 28.6 Å². The Bertz CT molecular complexity index is 701. The smallest absolute Gasteiger partial charge is 0.224 e. The van der Waals surface area contributed by atoms with E-state index >= 15 is 0 Å². The number of carbonyl (C=O) groups is 1. The third-order valence-corrected chi connectivity index (χ3v) is 7.05. The van der Waals surface area contributed by atoms with Crippen LogP contribution in [0.25, 0.3) is 0 Å². The lowest BCUT2D eigenvalue weighted by molar-refractivity contribution is -0.116. The van der Waals surface area contributed by atoms with E-state index in [2.05, 4.69) is 17.4 Å². The Morgan fingerprint density at radius 2 is 1.92 bits per heavy atom. The second-order valence-electron chi connectivity index (χ2n) is 5.73. The van der Waals surface area contributed by atoms with Crippen LogP contribution in [0.4, 0.5) is 5.69 Å². The highest BCUT2D eigenvalue weighted by Gasteiger charge is 2.17. The maximum Gasteiger partial charge on any atom is 0.224 e. The summed E-state index contributed by atoms with van der Waals surface area (Å²) in [5.41, 5.74) is 3.26. The summed E-state index contributed by atoms with van der Waals surface area (Å²) >= 11 is 9.96. The first kappa shape index (κ1) is 17.7. The molecular formula is C19H20ClNOS2. The van der Waals surface area contributed by atoms with E-state index in [1.54, 1.807) is 0 Å². The molecule has 5 heteroatoms. The number of nitrogens with one attached hydrogen (secondary N) is 1. The number of benzene rings is 2. The van der Waals surface area contributed by atoms with Gasteiger partial charge in [0, 0.05) is 17.1 Å². The Morgan fingerprint density at radius 1 is 1.12 bits per heavy atom. The zero-order valence-corrected chi connectivity index (χ0v) is 15.7. The monoisotopic (exact) mass is 377 g/mol. The Kier molecular flexibility index (Phi) is 6.52. The van der Waals surface area contributed by atoms with Crippen molar-refractivity contribution in [3.63, 3.8) is 0 Å². The quantitative estimate of drug-likeness (QED) is 0.716. The van der Waals surface area contributed by atoms with Crippen LogP contribution < -0.4 is 5.32 Å². The van der Waals surface area contributed by atoms with Crippen molar-refractivity contribution in [3.8, 4) is 0 Å². The SMILES string of the molecule is O=C(CCc1cccc(Cl)c1)Nc1cccc(C2SCCCS2)c1.